The van der Waals surface area contributed by atoms with Crippen LogP contribution in [0.2, 0.25) is 0 Å². The lowest BCUT2D eigenvalue weighted by molar-refractivity contribution is 0.672. The van der Waals surface area contributed by atoms with E-state index in [4.69, 9.17) is 4.42 Å². The van der Waals surface area contributed by atoms with Crippen molar-refractivity contribution >= 4 is 71.3 Å². The van der Waals surface area contributed by atoms with Crippen LogP contribution < -0.4 is 4.90 Å². The maximum Gasteiger partial charge on any atom is 0.143 e. The SMILES string of the molecule is [2H]c1c([2H])c(N(c2ccc(-c3cccc4ccccc34)cc2)c2ccccc2-c2ccc3oc4c5ccccc5ccc4c3c2)c([2H])c([2H])c1-c1cccc2ccccc12. The Bertz CT molecular complexity index is 3460. The Morgan fingerprint density at radius 2 is 0.911 bits per heavy atom. The minimum Gasteiger partial charge on any atom is -0.455 e. The third kappa shape index (κ3) is 5.34. The van der Waals surface area contributed by atoms with Crippen molar-refractivity contribution in [1.29, 1.82) is 0 Å². The van der Waals surface area contributed by atoms with Gasteiger partial charge in [-0.15, -0.1) is 0 Å². The molecule has 0 aliphatic heterocycles. The predicted octanol–water partition coefficient (Wildman–Crippen LogP) is 15.5. The van der Waals surface area contributed by atoms with E-state index < -0.39 is 0 Å². The average Bonchev–Trinajstić information content (AvgIpc) is 3.68. The van der Waals surface area contributed by atoms with Crippen LogP contribution in [0.1, 0.15) is 5.48 Å². The fourth-order valence-corrected chi connectivity index (χ4v) is 8.24. The quantitative estimate of drug-likeness (QED) is 0.170. The topological polar surface area (TPSA) is 16.4 Å². The molecule has 0 aliphatic rings. The minimum atomic E-state index is -0.130. The normalized spacial score (nSPS) is 12.6. The second kappa shape index (κ2) is 13.2. The van der Waals surface area contributed by atoms with Crippen LogP contribution in [-0.2, 0) is 0 Å². The number of rotatable bonds is 6. The summed E-state index contributed by atoms with van der Waals surface area (Å²) in [4.78, 5) is 1.89. The zero-order valence-electron chi connectivity index (χ0n) is 34.3. The molecule has 0 spiro atoms. The molecule has 1 heterocycles. The lowest BCUT2D eigenvalue weighted by atomic mass is 9.96. The number of anilines is 3. The van der Waals surface area contributed by atoms with Crippen molar-refractivity contribution in [2.75, 3.05) is 4.90 Å². The molecule has 0 atom stereocenters. The van der Waals surface area contributed by atoms with Crippen molar-refractivity contribution in [2.24, 2.45) is 0 Å². The van der Waals surface area contributed by atoms with Gasteiger partial charge in [0.2, 0.25) is 0 Å². The molecule has 2 heteroatoms. The molecule has 262 valence electrons. The number of para-hydroxylation sites is 1. The first-order chi connectivity index (χ1) is 29.4. The van der Waals surface area contributed by atoms with Gasteiger partial charge in [-0.2, -0.15) is 0 Å². The summed E-state index contributed by atoms with van der Waals surface area (Å²) in [7, 11) is 0. The van der Waals surface area contributed by atoms with Crippen molar-refractivity contribution in [2.45, 2.75) is 0 Å². The third-order valence-corrected chi connectivity index (χ3v) is 10.9. The number of nitrogens with zero attached hydrogens (tertiary/aromatic N) is 1. The highest BCUT2D eigenvalue weighted by Crippen LogP contribution is 2.44. The van der Waals surface area contributed by atoms with Crippen molar-refractivity contribution in [3.05, 3.63) is 212 Å². The van der Waals surface area contributed by atoms with Gasteiger partial charge in [0.1, 0.15) is 11.2 Å². The molecule has 0 saturated heterocycles. The molecule has 0 aliphatic carbocycles. The summed E-state index contributed by atoms with van der Waals surface area (Å²) in [5.74, 6) is 0. The van der Waals surface area contributed by atoms with E-state index >= 15 is 0 Å². The highest BCUT2D eigenvalue weighted by atomic mass is 16.3. The standard InChI is InChI=1S/C54H35NO/c1-4-16-44-36(11-1)14-9-20-46(44)39-23-29-42(30-24-39)55(43-31-25-40(26-32-43)47-21-10-15-37-12-2-5-17-45(37)47)52-22-8-7-18-48(52)41-28-34-53-51(35-41)50-33-27-38-13-3-6-19-49(38)54(50)56-53/h1-35H/i23D,24D,29D,30D. The molecule has 0 radical (unpaired) electrons. The maximum atomic E-state index is 9.70. The van der Waals surface area contributed by atoms with Gasteiger partial charge in [0.05, 0.1) is 11.2 Å². The second-order valence-corrected chi connectivity index (χ2v) is 14.2. The van der Waals surface area contributed by atoms with Gasteiger partial charge in [0.15, 0.2) is 0 Å². The summed E-state index contributed by atoms with van der Waals surface area (Å²) in [6.45, 7) is 0. The Labute approximate surface area is 330 Å². The molecule has 0 saturated carbocycles. The van der Waals surface area contributed by atoms with Gasteiger partial charge in [0, 0.05) is 33.1 Å². The number of hydrogen-bond donors (Lipinski definition) is 0. The number of furan rings is 1. The summed E-state index contributed by atoms with van der Waals surface area (Å²) >= 11 is 0. The lowest BCUT2D eigenvalue weighted by Crippen LogP contribution is -2.11. The molecular weight excluding hydrogens is 679 g/mol. The largest absolute Gasteiger partial charge is 0.455 e. The zero-order chi connectivity index (χ0) is 40.5. The number of fused-ring (bicyclic) bond motifs is 7. The van der Waals surface area contributed by atoms with E-state index in [1.807, 2.05) is 114 Å². The molecule has 11 rings (SSSR count). The average molecular weight is 718 g/mol. The van der Waals surface area contributed by atoms with Gasteiger partial charge in [-0.3, -0.25) is 0 Å². The predicted molar refractivity (Wildman–Crippen MR) is 237 cm³/mol. The maximum absolute atomic E-state index is 9.70. The van der Waals surface area contributed by atoms with Crippen LogP contribution in [0.25, 0.3) is 87.6 Å². The molecule has 11 aromatic rings. The first-order valence-corrected chi connectivity index (χ1v) is 18.8. The Morgan fingerprint density at radius 1 is 0.357 bits per heavy atom. The highest BCUT2D eigenvalue weighted by molar-refractivity contribution is 6.15. The van der Waals surface area contributed by atoms with Crippen LogP contribution in [0, 0.1) is 0 Å². The van der Waals surface area contributed by atoms with Crippen molar-refractivity contribution < 1.29 is 9.90 Å². The molecule has 0 N–H and O–H groups in total. The zero-order valence-corrected chi connectivity index (χ0v) is 30.3. The van der Waals surface area contributed by atoms with E-state index in [1.54, 1.807) is 0 Å². The van der Waals surface area contributed by atoms with Crippen LogP contribution in [0.3, 0.4) is 0 Å². The minimum absolute atomic E-state index is 0.101. The van der Waals surface area contributed by atoms with Gasteiger partial charge in [-0.1, -0.05) is 164 Å². The molecule has 0 amide bonds. The van der Waals surface area contributed by atoms with Gasteiger partial charge in [-0.05, 0) is 103 Å². The van der Waals surface area contributed by atoms with Gasteiger partial charge >= 0.3 is 0 Å². The summed E-state index contributed by atoms with van der Waals surface area (Å²) in [6.07, 6.45) is 0. The molecule has 2 nitrogen and oxygen atoms in total. The molecule has 0 fully saturated rings. The summed E-state index contributed by atoms with van der Waals surface area (Å²) < 4.78 is 44.9. The molecule has 0 bridgehead atoms. The summed E-state index contributed by atoms with van der Waals surface area (Å²) in [6, 6.07) is 62.6. The summed E-state index contributed by atoms with van der Waals surface area (Å²) in [5.41, 5.74) is 8.06. The van der Waals surface area contributed by atoms with Crippen LogP contribution >= 0.6 is 0 Å². The van der Waals surface area contributed by atoms with Crippen molar-refractivity contribution in [3.8, 4) is 33.4 Å². The number of benzene rings is 10. The van der Waals surface area contributed by atoms with E-state index in [2.05, 4.69) is 78.9 Å². The fraction of sp³-hybridized carbons (Fsp3) is 0. The highest BCUT2D eigenvalue weighted by Gasteiger charge is 2.19. The summed E-state index contributed by atoms with van der Waals surface area (Å²) in [5, 5.41) is 8.31. The van der Waals surface area contributed by atoms with Crippen molar-refractivity contribution in [1.82, 2.24) is 0 Å². The van der Waals surface area contributed by atoms with E-state index in [9.17, 15) is 5.48 Å². The van der Waals surface area contributed by atoms with Gasteiger partial charge < -0.3 is 9.32 Å². The fourth-order valence-electron chi connectivity index (χ4n) is 8.24. The Kier molecular flexibility index (Phi) is 6.60. The Balaban J connectivity index is 1.13. The smallest absolute Gasteiger partial charge is 0.143 e. The Morgan fingerprint density at radius 3 is 1.62 bits per heavy atom. The van der Waals surface area contributed by atoms with Crippen LogP contribution in [0.5, 0.6) is 0 Å². The van der Waals surface area contributed by atoms with Crippen molar-refractivity contribution in [3.63, 3.8) is 0 Å². The first kappa shape index (κ1) is 28.1. The lowest BCUT2D eigenvalue weighted by Gasteiger charge is -2.28. The molecule has 1 aromatic heterocycles. The number of hydrogen-bond acceptors (Lipinski definition) is 2. The van der Waals surface area contributed by atoms with E-state index in [1.165, 1.54) is 0 Å². The van der Waals surface area contributed by atoms with Gasteiger partial charge in [-0.25, -0.2) is 0 Å². The second-order valence-electron chi connectivity index (χ2n) is 14.2. The first-order valence-electron chi connectivity index (χ1n) is 20.8. The molecule has 0 unspecified atom stereocenters. The van der Waals surface area contributed by atoms with E-state index in [0.29, 0.717) is 16.9 Å². The van der Waals surface area contributed by atoms with E-state index in [-0.39, 0.29) is 35.4 Å². The van der Waals surface area contributed by atoms with E-state index in [0.717, 1.165) is 76.5 Å². The third-order valence-electron chi connectivity index (χ3n) is 10.9. The monoisotopic (exact) mass is 717 g/mol. The molecule has 56 heavy (non-hydrogen) atoms. The molecule has 10 aromatic carbocycles. The van der Waals surface area contributed by atoms with Crippen LogP contribution in [-0.4, -0.2) is 0 Å². The van der Waals surface area contributed by atoms with Gasteiger partial charge in [0.25, 0.3) is 0 Å². The molecular formula is C54H35NO. The van der Waals surface area contributed by atoms with Crippen LogP contribution in [0.15, 0.2) is 217 Å². The Hall–Kier alpha value is -7.42. The van der Waals surface area contributed by atoms with Crippen LogP contribution in [0.4, 0.5) is 17.1 Å².